The molecule has 1 aromatic heterocycles. The zero-order valence-electron chi connectivity index (χ0n) is 8.78. The minimum atomic E-state index is 0.713. The van der Waals surface area contributed by atoms with Crippen LogP contribution in [-0.4, -0.2) is 11.6 Å². The topological polar surface area (TPSA) is 22.1 Å². The molecule has 0 aliphatic rings. The summed E-state index contributed by atoms with van der Waals surface area (Å²) in [6.45, 7) is 6.70. The first-order valence-electron chi connectivity index (χ1n) is 4.86. The van der Waals surface area contributed by atoms with Crippen LogP contribution in [0.25, 0.3) is 10.2 Å². The van der Waals surface area contributed by atoms with Crippen molar-refractivity contribution in [3.63, 3.8) is 0 Å². The van der Waals surface area contributed by atoms with Crippen molar-refractivity contribution < 1.29 is 4.74 Å². The van der Waals surface area contributed by atoms with Crippen molar-refractivity contribution in [3.05, 3.63) is 23.7 Å². The van der Waals surface area contributed by atoms with Crippen molar-refractivity contribution >= 4 is 21.6 Å². The Morgan fingerprint density at radius 3 is 2.86 bits per heavy atom. The summed E-state index contributed by atoms with van der Waals surface area (Å²) in [5.41, 5.74) is 2.89. The molecule has 0 saturated carbocycles. The second-order valence-electron chi connectivity index (χ2n) is 2.41. The van der Waals surface area contributed by atoms with Gasteiger partial charge in [0.25, 0.3) is 0 Å². The first-order chi connectivity index (χ1) is 6.90. The highest BCUT2D eigenvalue weighted by Gasteiger charge is 1.97. The van der Waals surface area contributed by atoms with Gasteiger partial charge >= 0.3 is 0 Å². The van der Waals surface area contributed by atoms with E-state index < -0.39 is 0 Å². The minimum Gasteiger partial charge on any atom is -0.494 e. The van der Waals surface area contributed by atoms with Crippen LogP contribution in [0.1, 0.15) is 20.8 Å². The van der Waals surface area contributed by atoms with Crippen LogP contribution in [-0.2, 0) is 0 Å². The monoisotopic (exact) mass is 209 g/mol. The zero-order chi connectivity index (χ0) is 10.4. The van der Waals surface area contributed by atoms with Crippen molar-refractivity contribution in [1.82, 2.24) is 4.98 Å². The molecule has 0 N–H and O–H groups in total. The molecule has 0 spiro atoms. The van der Waals surface area contributed by atoms with E-state index in [0.717, 1.165) is 11.3 Å². The number of aromatic nitrogens is 1. The van der Waals surface area contributed by atoms with Gasteiger partial charge in [-0.15, -0.1) is 11.3 Å². The summed E-state index contributed by atoms with van der Waals surface area (Å²) in [6.07, 6.45) is 0. The molecule has 0 bridgehead atoms. The van der Waals surface area contributed by atoms with Crippen molar-refractivity contribution in [2.24, 2.45) is 0 Å². The average molecular weight is 209 g/mol. The summed E-state index contributed by atoms with van der Waals surface area (Å²) in [5.74, 6) is 0.925. The van der Waals surface area contributed by atoms with Gasteiger partial charge in [-0.05, 0) is 25.1 Å². The van der Waals surface area contributed by atoms with Gasteiger partial charge < -0.3 is 4.74 Å². The lowest BCUT2D eigenvalue weighted by Gasteiger charge is -2.00. The second kappa shape index (κ2) is 5.60. The fourth-order valence-corrected chi connectivity index (χ4v) is 1.80. The van der Waals surface area contributed by atoms with Crippen LogP contribution < -0.4 is 4.74 Å². The van der Waals surface area contributed by atoms with E-state index in [9.17, 15) is 0 Å². The molecule has 1 aromatic carbocycles. The van der Waals surface area contributed by atoms with Gasteiger partial charge in [-0.1, -0.05) is 13.8 Å². The SMILES string of the molecule is CC.CCOc1ccc2ncsc2c1. The van der Waals surface area contributed by atoms with E-state index in [2.05, 4.69) is 4.98 Å². The summed E-state index contributed by atoms with van der Waals surface area (Å²) in [4.78, 5) is 4.18. The van der Waals surface area contributed by atoms with E-state index in [4.69, 9.17) is 4.74 Å². The quantitative estimate of drug-likeness (QED) is 0.752. The molecule has 0 fully saturated rings. The minimum absolute atomic E-state index is 0.713. The van der Waals surface area contributed by atoms with E-state index in [1.807, 2.05) is 44.5 Å². The first-order valence-corrected chi connectivity index (χ1v) is 5.74. The largest absolute Gasteiger partial charge is 0.494 e. The van der Waals surface area contributed by atoms with Crippen LogP contribution in [0.15, 0.2) is 23.7 Å². The Labute approximate surface area is 88.6 Å². The number of fused-ring (bicyclic) bond motifs is 1. The van der Waals surface area contributed by atoms with Crippen molar-refractivity contribution in [2.75, 3.05) is 6.61 Å². The summed E-state index contributed by atoms with van der Waals surface area (Å²) in [5, 5.41) is 0. The standard InChI is InChI=1S/C9H9NOS.C2H6/c1-2-11-7-3-4-8-9(5-7)12-6-10-8;1-2/h3-6H,2H2,1H3;1-2H3. The Balaban J connectivity index is 0.000000461. The Hall–Kier alpha value is -1.09. The third kappa shape index (κ3) is 2.45. The van der Waals surface area contributed by atoms with Crippen LogP contribution in [0.5, 0.6) is 5.75 Å². The molecule has 0 atom stereocenters. The Bertz CT molecular complexity index is 383. The smallest absolute Gasteiger partial charge is 0.120 e. The summed E-state index contributed by atoms with van der Waals surface area (Å²) >= 11 is 1.64. The van der Waals surface area contributed by atoms with Gasteiger partial charge in [-0.2, -0.15) is 0 Å². The summed E-state index contributed by atoms with van der Waals surface area (Å²) in [7, 11) is 0. The lowest BCUT2D eigenvalue weighted by Crippen LogP contribution is -1.89. The Kier molecular flexibility index (Phi) is 4.40. The van der Waals surface area contributed by atoms with Gasteiger partial charge in [-0.3, -0.25) is 0 Å². The van der Waals surface area contributed by atoms with Crippen LogP contribution in [0.2, 0.25) is 0 Å². The predicted octanol–water partition coefficient (Wildman–Crippen LogP) is 3.72. The molecule has 2 aromatic rings. The van der Waals surface area contributed by atoms with Gasteiger partial charge in [-0.25, -0.2) is 4.98 Å². The van der Waals surface area contributed by atoms with Crippen LogP contribution in [0, 0.1) is 0 Å². The van der Waals surface area contributed by atoms with Crippen molar-refractivity contribution in [1.29, 1.82) is 0 Å². The highest BCUT2D eigenvalue weighted by Crippen LogP contribution is 2.22. The number of ether oxygens (including phenoxy) is 1. The normalized spacial score (nSPS) is 9.36. The summed E-state index contributed by atoms with van der Waals surface area (Å²) in [6, 6.07) is 5.96. The maximum absolute atomic E-state index is 5.36. The van der Waals surface area contributed by atoms with Gasteiger partial charge in [0.05, 0.1) is 22.3 Å². The second-order valence-corrected chi connectivity index (χ2v) is 3.30. The first kappa shape index (κ1) is 11.0. The molecule has 2 nitrogen and oxygen atoms in total. The molecular weight excluding hydrogens is 194 g/mol. The zero-order valence-corrected chi connectivity index (χ0v) is 9.60. The van der Waals surface area contributed by atoms with Gasteiger partial charge in [0.15, 0.2) is 0 Å². The third-order valence-electron chi connectivity index (χ3n) is 1.61. The lowest BCUT2D eigenvalue weighted by atomic mass is 10.3. The van der Waals surface area contributed by atoms with E-state index in [0.29, 0.717) is 6.61 Å². The summed E-state index contributed by atoms with van der Waals surface area (Å²) < 4.78 is 6.54. The van der Waals surface area contributed by atoms with E-state index in [-0.39, 0.29) is 0 Å². The number of thiazole rings is 1. The number of rotatable bonds is 2. The fraction of sp³-hybridized carbons (Fsp3) is 0.364. The molecular formula is C11H15NOS. The molecule has 2 rings (SSSR count). The van der Waals surface area contributed by atoms with E-state index in [1.165, 1.54) is 4.70 Å². The highest BCUT2D eigenvalue weighted by atomic mass is 32.1. The Morgan fingerprint density at radius 1 is 1.36 bits per heavy atom. The number of hydrogen-bond acceptors (Lipinski definition) is 3. The fourth-order valence-electron chi connectivity index (χ4n) is 1.09. The van der Waals surface area contributed by atoms with Gasteiger partial charge in [0.2, 0.25) is 0 Å². The van der Waals surface area contributed by atoms with Crippen LogP contribution >= 0.6 is 11.3 Å². The molecule has 0 radical (unpaired) electrons. The lowest BCUT2D eigenvalue weighted by molar-refractivity contribution is 0.341. The predicted molar refractivity (Wildman–Crippen MR) is 62.1 cm³/mol. The number of hydrogen-bond donors (Lipinski definition) is 0. The molecule has 1 heterocycles. The number of nitrogens with zero attached hydrogens (tertiary/aromatic N) is 1. The third-order valence-corrected chi connectivity index (χ3v) is 2.41. The number of benzene rings is 1. The van der Waals surface area contributed by atoms with Gasteiger partial charge in [0, 0.05) is 0 Å². The molecule has 0 amide bonds. The molecule has 14 heavy (non-hydrogen) atoms. The Morgan fingerprint density at radius 2 is 2.14 bits per heavy atom. The van der Waals surface area contributed by atoms with E-state index in [1.54, 1.807) is 11.3 Å². The molecule has 0 unspecified atom stereocenters. The molecule has 76 valence electrons. The van der Waals surface area contributed by atoms with Crippen LogP contribution in [0.4, 0.5) is 0 Å². The maximum Gasteiger partial charge on any atom is 0.120 e. The van der Waals surface area contributed by atoms with Gasteiger partial charge in [0.1, 0.15) is 5.75 Å². The average Bonchev–Trinajstić information content (AvgIpc) is 2.68. The van der Waals surface area contributed by atoms with E-state index >= 15 is 0 Å². The molecule has 0 aliphatic heterocycles. The van der Waals surface area contributed by atoms with Crippen molar-refractivity contribution in [2.45, 2.75) is 20.8 Å². The van der Waals surface area contributed by atoms with Crippen molar-refractivity contribution in [3.8, 4) is 5.75 Å². The molecule has 0 saturated heterocycles. The highest BCUT2D eigenvalue weighted by molar-refractivity contribution is 7.16. The molecule has 0 aliphatic carbocycles. The maximum atomic E-state index is 5.36. The van der Waals surface area contributed by atoms with Crippen LogP contribution in [0.3, 0.4) is 0 Å². The molecule has 3 heteroatoms.